The Morgan fingerprint density at radius 2 is 0.759 bits per heavy atom. The highest BCUT2D eigenvalue weighted by atomic mass is 16.5. The van der Waals surface area contributed by atoms with E-state index in [2.05, 4.69) is 30.9 Å². The molecule has 0 aromatic carbocycles. The Kier molecular flexibility index (Phi) is 44.2. The fraction of sp³-hybridized carbons (Fsp3) is 0.863. The first-order chi connectivity index (χ1) is 28.4. The zero-order valence-corrected chi connectivity index (χ0v) is 38.9. The van der Waals surface area contributed by atoms with Crippen LogP contribution in [0.3, 0.4) is 0 Å². The second-order valence-electron chi connectivity index (χ2n) is 17.2. The second kappa shape index (κ2) is 45.9. The molecule has 0 bridgehead atoms. The Balaban J connectivity index is 4.00. The molecule has 0 fully saturated rings. The highest BCUT2D eigenvalue weighted by Crippen LogP contribution is 2.19. The summed E-state index contributed by atoms with van der Waals surface area (Å²) in [5.74, 6) is -0.246. The fourth-order valence-electron chi connectivity index (χ4n) is 7.33. The Morgan fingerprint density at radius 3 is 1.16 bits per heavy atom. The molecule has 0 N–H and O–H groups in total. The van der Waals surface area contributed by atoms with E-state index in [1.54, 1.807) is 0 Å². The average Bonchev–Trinajstić information content (AvgIpc) is 3.20. The van der Waals surface area contributed by atoms with E-state index in [1.165, 1.54) is 116 Å². The largest absolute Gasteiger partial charge is 0.462 e. The predicted octanol–water partition coefficient (Wildman–Crippen LogP) is 14.7. The van der Waals surface area contributed by atoms with Crippen molar-refractivity contribution in [1.82, 2.24) is 4.90 Å². The van der Waals surface area contributed by atoms with E-state index in [0.717, 1.165) is 103 Å². The van der Waals surface area contributed by atoms with Crippen LogP contribution in [-0.4, -0.2) is 62.8 Å². The van der Waals surface area contributed by atoms with Gasteiger partial charge in [-0.2, -0.15) is 0 Å². The van der Waals surface area contributed by atoms with Crippen LogP contribution < -0.4 is 0 Å². The monoisotopic (exact) mass is 818 g/mol. The van der Waals surface area contributed by atoms with Crippen LogP contribution in [0.25, 0.3) is 0 Å². The number of carbonyl (C=O) groups is 3. The van der Waals surface area contributed by atoms with Crippen LogP contribution in [0.4, 0.5) is 0 Å². The molecular weight excluding hydrogens is 723 g/mol. The second-order valence-corrected chi connectivity index (χ2v) is 17.2. The summed E-state index contributed by atoms with van der Waals surface area (Å²) >= 11 is 0. The van der Waals surface area contributed by atoms with Crippen LogP contribution in [0.1, 0.15) is 245 Å². The van der Waals surface area contributed by atoms with Crippen LogP contribution in [0, 0.1) is 0 Å². The minimum Gasteiger partial charge on any atom is -0.462 e. The Morgan fingerprint density at radius 1 is 0.414 bits per heavy atom. The van der Waals surface area contributed by atoms with Gasteiger partial charge in [0.2, 0.25) is 0 Å². The highest BCUT2D eigenvalue weighted by Gasteiger charge is 2.14. The van der Waals surface area contributed by atoms with Crippen LogP contribution in [-0.2, 0) is 28.6 Å². The third-order valence-electron chi connectivity index (χ3n) is 11.1. The first kappa shape index (κ1) is 55.9. The molecule has 1 atom stereocenters. The first-order valence-corrected chi connectivity index (χ1v) is 24.8. The summed E-state index contributed by atoms with van der Waals surface area (Å²) in [6.07, 6.45) is 48.7. The number of ether oxygens (including phenoxy) is 3. The van der Waals surface area contributed by atoms with Gasteiger partial charge in [-0.1, -0.05) is 179 Å². The summed E-state index contributed by atoms with van der Waals surface area (Å²) in [4.78, 5) is 38.9. The van der Waals surface area contributed by atoms with E-state index < -0.39 is 0 Å². The van der Waals surface area contributed by atoms with E-state index >= 15 is 0 Å². The third kappa shape index (κ3) is 44.9. The molecule has 0 aliphatic heterocycles. The van der Waals surface area contributed by atoms with Gasteiger partial charge in [0.1, 0.15) is 19.3 Å². The molecule has 0 amide bonds. The summed E-state index contributed by atoms with van der Waals surface area (Å²) in [5, 5.41) is 0. The molecule has 7 nitrogen and oxygen atoms in total. The minimum atomic E-state index is -0.0965. The SMILES string of the molecule is CCCCCCCCCC/C=C\COC(=O)CCCCCCCCCC(CCCCCCCC(=O)OC/C=C\CCCCCCCCCC)OC(=O)CCCN(C)C. The van der Waals surface area contributed by atoms with Crippen LogP contribution >= 0.6 is 0 Å². The molecule has 58 heavy (non-hydrogen) atoms. The van der Waals surface area contributed by atoms with Crippen molar-refractivity contribution in [3.05, 3.63) is 24.3 Å². The summed E-state index contributed by atoms with van der Waals surface area (Å²) < 4.78 is 16.7. The normalized spacial score (nSPS) is 12.2. The number of esters is 3. The summed E-state index contributed by atoms with van der Waals surface area (Å²) in [6.45, 7) is 6.20. The van der Waals surface area contributed by atoms with Gasteiger partial charge in [-0.3, -0.25) is 14.4 Å². The number of hydrogen-bond donors (Lipinski definition) is 0. The van der Waals surface area contributed by atoms with E-state index in [0.29, 0.717) is 32.5 Å². The molecule has 340 valence electrons. The van der Waals surface area contributed by atoms with Crippen LogP contribution in [0.2, 0.25) is 0 Å². The van der Waals surface area contributed by atoms with Gasteiger partial charge >= 0.3 is 17.9 Å². The van der Waals surface area contributed by atoms with Crippen LogP contribution in [0.5, 0.6) is 0 Å². The number of rotatable bonds is 45. The Bertz CT molecular complexity index is 963. The number of nitrogens with zero attached hydrogens (tertiary/aromatic N) is 1. The number of allylic oxidation sites excluding steroid dienone is 2. The van der Waals surface area contributed by atoms with Crippen molar-refractivity contribution in [2.45, 2.75) is 251 Å². The maximum atomic E-state index is 12.6. The standard InChI is InChI=1S/C51H95NO6/c1-5-7-9-11-13-15-17-19-24-31-37-46-56-49(53)42-35-29-23-21-22-27-33-40-48(58-51(55)44-39-45-52(3)4)41-34-28-26-30-36-43-50(54)57-47-38-32-25-20-18-16-14-12-10-8-6-2/h31-32,37-38,48H,5-30,33-36,39-47H2,1-4H3/b37-31-,38-32-. The number of carbonyl (C=O) groups excluding carboxylic acids is 3. The molecule has 1 unspecified atom stereocenters. The lowest BCUT2D eigenvalue weighted by Gasteiger charge is -2.18. The van der Waals surface area contributed by atoms with Gasteiger partial charge in [-0.25, -0.2) is 0 Å². The van der Waals surface area contributed by atoms with Crippen molar-refractivity contribution in [1.29, 1.82) is 0 Å². The van der Waals surface area contributed by atoms with Crippen molar-refractivity contribution in [2.24, 2.45) is 0 Å². The predicted molar refractivity (Wildman–Crippen MR) is 246 cm³/mol. The van der Waals surface area contributed by atoms with E-state index in [-0.39, 0.29) is 24.0 Å². The molecule has 0 saturated heterocycles. The molecule has 0 radical (unpaired) electrons. The van der Waals surface area contributed by atoms with Gasteiger partial charge in [0.15, 0.2) is 0 Å². The summed E-state index contributed by atoms with van der Waals surface area (Å²) in [7, 11) is 4.06. The maximum Gasteiger partial charge on any atom is 0.306 e. The molecule has 0 aromatic heterocycles. The fourth-order valence-corrected chi connectivity index (χ4v) is 7.33. The summed E-state index contributed by atoms with van der Waals surface area (Å²) in [6, 6.07) is 0. The molecule has 0 spiro atoms. The van der Waals surface area contributed by atoms with Gasteiger partial charge in [0.05, 0.1) is 0 Å². The average molecular weight is 818 g/mol. The van der Waals surface area contributed by atoms with Gasteiger partial charge in [-0.05, 0) is 91.3 Å². The van der Waals surface area contributed by atoms with Crippen molar-refractivity contribution < 1.29 is 28.6 Å². The Labute approximate surface area is 359 Å². The number of unbranched alkanes of at least 4 members (excludes halogenated alkanes) is 26. The van der Waals surface area contributed by atoms with E-state index in [4.69, 9.17) is 14.2 Å². The van der Waals surface area contributed by atoms with Crippen molar-refractivity contribution >= 4 is 17.9 Å². The third-order valence-corrected chi connectivity index (χ3v) is 11.1. The number of hydrogen-bond acceptors (Lipinski definition) is 7. The van der Waals surface area contributed by atoms with E-state index in [1.807, 2.05) is 26.2 Å². The van der Waals surface area contributed by atoms with Crippen molar-refractivity contribution in [2.75, 3.05) is 33.9 Å². The van der Waals surface area contributed by atoms with E-state index in [9.17, 15) is 14.4 Å². The van der Waals surface area contributed by atoms with Gasteiger partial charge in [-0.15, -0.1) is 0 Å². The van der Waals surface area contributed by atoms with Crippen molar-refractivity contribution in [3.8, 4) is 0 Å². The van der Waals surface area contributed by atoms with Crippen LogP contribution in [0.15, 0.2) is 24.3 Å². The molecular formula is C51H95NO6. The zero-order valence-electron chi connectivity index (χ0n) is 38.9. The lowest BCUT2D eigenvalue weighted by atomic mass is 10.0. The van der Waals surface area contributed by atoms with Gasteiger partial charge in [0.25, 0.3) is 0 Å². The molecule has 0 aromatic rings. The molecule has 7 heteroatoms. The molecule has 0 rings (SSSR count). The maximum absolute atomic E-state index is 12.6. The molecule has 0 aliphatic carbocycles. The zero-order chi connectivity index (χ0) is 42.4. The minimum absolute atomic E-state index is 0.00333. The Hall–Kier alpha value is -2.15. The first-order valence-electron chi connectivity index (χ1n) is 24.8. The van der Waals surface area contributed by atoms with Crippen molar-refractivity contribution in [3.63, 3.8) is 0 Å². The van der Waals surface area contributed by atoms with Gasteiger partial charge in [0, 0.05) is 19.3 Å². The highest BCUT2D eigenvalue weighted by molar-refractivity contribution is 5.70. The molecule has 0 saturated carbocycles. The smallest absolute Gasteiger partial charge is 0.306 e. The quantitative estimate of drug-likeness (QED) is 0.0262. The molecule has 0 heterocycles. The topological polar surface area (TPSA) is 82.1 Å². The summed E-state index contributed by atoms with van der Waals surface area (Å²) in [5.41, 5.74) is 0. The molecule has 0 aliphatic rings. The van der Waals surface area contributed by atoms with Gasteiger partial charge < -0.3 is 19.1 Å². The lowest BCUT2D eigenvalue weighted by Crippen LogP contribution is -2.20. The lowest BCUT2D eigenvalue weighted by molar-refractivity contribution is -0.150.